The summed E-state index contributed by atoms with van der Waals surface area (Å²) >= 11 is 1.32. The number of carbonyl (C=O) groups excluding carboxylic acids is 2. The third-order valence-electron chi connectivity index (χ3n) is 2.98. The number of aryl methyl sites for hydroxylation is 1. The number of hydrogen-bond donors (Lipinski definition) is 2. The molecule has 0 aliphatic rings. The van der Waals surface area contributed by atoms with Crippen LogP contribution in [0.3, 0.4) is 0 Å². The highest BCUT2D eigenvalue weighted by Gasteiger charge is 2.09. The lowest BCUT2D eigenvalue weighted by atomic mass is 10.2. The Balaban J connectivity index is 1.85. The molecule has 0 bridgehead atoms. The van der Waals surface area contributed by atoms with Crippen LogP contribution >= 0.6 is 11.8 Å². The molecule has 1 heterocycles. The maximum Gasteiger partial charge on any atom is 0.230 e. The lowest BCUT2D eigenvalue weighted by molar-refractivity contribution is -0.120. The van der Waals surface area contributed by atoms with Crippen LogP contribution in [-0.4, -0.2) is 45.4 Å². The first-order valence-electron chi connectivity index (χ1n) is 7.17. The van der Waals surface area contributed by atoms with Gasteiger partial charge in [0, 0.05) is 25.7 Å². The van der Waals surface area contributed by atoms with Crippen LogP contribution in [-0.2, 0) is 9.59 Å². The molecule has 2 amide bonds. The third kappa shape index (κ3) is 5.41. The molecule has 2 rings (SSSR count). The lowest BCUT2D eigenvalue weighted by Gasteiger charge is -2.07. The van der Waals surface area contributed by atoms with E-state index in [2.05, 4.69) is 20.8 Å². The SMILES string of the molecule is CC(=O)NCCNC(=O)CSc1nncn1-c1ccc(C)cc1. The molecule has 2 aromatic rings. The maximum atomic E-state index is 11.8. The van der Waals surface area contributed by atoms with E-state index in [4.69, 9.17) is 0 Å². The Bertz CT molecular complexity index is 669. The summed E-state index contributed by atoms with van der Waals surface area (Å²) in [5.74, 6) is 0.0172. The largest absolute Gasteiger partial charge is 0.355 e. The van der Waals surface area contributed by atoms with Crippen molar-refractivity contribution in [2.45, 2.75) is 19.0 Å². The molecule has 122 valence electrons. The van der Waals surface area contributed by atoms with Gasteiger partial charge in [-0.25, -0.2) is 0 Å². The van der Waals surface area contributed by atoms with Crippen molar-refractivity contribution >= 4 is 23.6 Å². The van der Waals surface area contributed by atoms with E-state index >= 15 is 0 Å². The summed E-state index contributed by atoms with van der Waals surface area (Å²) in [6.45, 7) is 4.29. The van der Waals surface area contributed by atoms with Gasteiger partial charge in [-0.1, -0.05) is 29.5 Å². The number of nitrogens with one attached hydrogen (secondary N) is 2. The van der Waals surface area contributed by atoms with Gasteiger partial charge in [-0.15, -0.1) is 10.2 Å². The Kier molecular flexibility index (Phi) is 6.16. The predicted octanol–water partition coefficient (Wildman–Crippen LogP) is 0.920. The summed E-state index contributed by atoms with van der Waals surface area (Å²) < 4.78 is 1.84. The van der Waals surface area contributed by atoms with Crippen LogP contribution in [0.1, 0.15) is 12.5 Å². The Morgan fingerprint density at radius 3 is 2.57 bits per heavy atom. The summed E-state index contributed by atoms with van der Waals surface area (Å²) in [4.78, 5) is 22.5. The molecule has 0 aliphatic carbocycles. The Hall–Kier alpha value is -2.35. The van der Waals surface area contributed by atoms with E-state index in [0.29, 0.717) is 18.2 Å². The second-order valence-electron chi connectivity index (χ2n) is 4.94. The molecule has 0 fully saturated rings. The predicted molar refractivity (Wildman–Crippen MR) is 88.5 cm³/mol. The zero-order chi connectivity index (χ0) is 16.7. The fourth-order valence-electron chi connectivity index (χ4n) is 1.83. The van der Waals surface area contributed by atoms with Gasteiger partial charge >= 0.3 is 0 Å². The highest BCUT2D eigenvalue weighted by Crippen LogP contribution is 2.19. The summed E-state index contributed by atoms with van der Waals surface area (Å²) in [6.07, 6.45) is 1.63. The molecular formula is C15H19N5O2S. The number of rotatable bonds is 7. The fourth-order valence-corrected chi connectivity index (χ4v) is 2.59. The molecule has 0 saturated heterocycles. The van der Waals surface area contributed by atoms with Gasteiger partial charge in [-0.05, 0) is 19.1 Å². The van der Waals surface area contributed by atoms with Crippen LogP contribution in [0.2, 0.25) is 0 Å². The first-order valence-corrected chi connectivity index (χ1v) is 8.16. The minimum atomic E-state index is -0.112. The van der Waals surface area contributed by atoms with E-state index in [-0.39, 0.29) is 17.6 Å². The molecule has 8 heteroatoms. The summed E-state index contributed by atoms with van der Waals surface area (Å²) in [7, 11) is 0. The van der Waals surface area contributed by atoms with Gasteiger partial charge in [-0.3, -0.25) is 14.2 Å². The minimum Gasteiger partial charge on any atom is -0.355 e. The van der Waals surface area contributed by atoms with Crippen molar-refractivity contribution < 1.29 is 9.59 Å². The Labute approximate surface area is 138 Å². The van der Waals surface area contributed by atoms with Gasteiger partial charge in [0.05, 0.1) is 5.75 Å². The topological polar surface area (TPSA) is 88.9 Å². The monoisotopic (exact) mass is 333 g/mol. The van der Waals surface area contributed by atoms with Gasteiger partial charge < -0.3 is 10.6 Å². The number of nitrogens with zero attached hydrogens (tertiary/aromatic N) is 3. The van der Waals surface area contributed by atoms with Crippen LogP contribution in [0.5, 0.6) is 0 Å². The second kappa shape index (κ2) is 8.33. The molecular weight excluding hydrogens is 314 g/mol. The highest BCUT2D eigenvalue weighted by atomic mass is 32.2. The number of aromatic nitrogens is 3. The standard InChI is InChI=1S/C15H19N5O2S/c1-11-3-5-13(6-4-11)20-10-18-19-15(20)23-9-14(22)17-8-7-16-12(2)21/h3-6,10H,7-9H2,1-2H3,(H,16,21)(H,17,22). The Morgan fingerprint density at radius 2 is 1.87 bits per heavy atom. The maximum absolute atomic E-state index is 11.8. The van der Waals surface area contributed by atoms with Crippen molar-refractivity contribution in [3.63, 3.8) is 0 Å². The fraction of sp³-hybridized carbons (Fsp3) is 0.333. The molecule has 0 saturated carbocycles. The van der Waals surface area contributed by atoms with Crippen molar-refractivity contribution in [1.82, 2.24) is 25.4 Å². The zero-order valence-corrected chi connectivity index (χ0v) is 13.9. The van der Waals surface area contributed by atoms with Gasteiger partial charge in [0.2, 0.25) is 11.8 Å². The molecule has 1 aromatic carbocycles. The number of benzene rings is 1. The molecule has 0 unspecified atom stereocenters. The number of hydrogen-bond acceptors (Lipinski definition) is 5. The summed E-state index contributed by atoms with van der Waals surface area (Å²) in [5, 5.41) is 14.0. The van der Waals surface area contributed by atoms with Crippen molar-refractivity contribution in [3.05, 3.63) is 36.2 Å². The van der Waals surface area contributed by atoms with Crippen molar-refractivity contribution in [2.75, 3.05) is 18.8 Å². The van der Waals surface area contributed by atoms with Crippen LogP contribution in [0.4, 0.5) is 0 Å². The third-order valence-corrected chi connectivity index (χ3v) is 3.93. The lowest BCUT2D eigenvalue weighted by Crippen LogP contribution is -2.34. The van der Waals surface area contributed by atoms with Gasteiger partial charge in [-0.2, -0.15) is 0 Å². The van der Waals surface area contributed by atoms with Gasteiger partial charge in [0.15, 0.2) is 5.16 Å². The second-order valence-corrected chi connectivity index (χ2v) is 5.88. The first-order chi connectivity index (χ1) is 11.1. The van der Waals surface area contributed by atoms with E-state index in [1.165, 1.54) is 24.2 Å². The van der Waals surface area contributed by atoms with E-state index in [1.807, 2.05) is 35.8 Å². The summed E-state index contributed by atoms with van der Waals surface area (Å²) in [5.41, 5.74) is 2.13. The first kappa shape index (κ1) is 17.0. The van der Waals surface area contributed by atoms with Crippen LogP contribution in [0.25, 0.3) is 5.69 Å². The van der Waals surface area contributed by atoms with Crippen molar-refractivity contribution in [3.8, 4) is 5.69 Å². The molecule has 1 aromatic heterocycles. The number of thioether (sulfide) groups is 1. The molecule has 7 nitrogen and oxygen atoms in total. The normalized spacial score (nSPS) is 10.3. The average Bonchev–Trinajstić information content (AvgIpc) is 2.98. The Morgan fingerprint density at radius 1 is 1.17 bits per heavy atom. The summed E-state index contributed by atoms with van der Waals surface area (Å²) in [6, 6.07) is 7.99. The van der Waals surface area contributed by atoms with E-state index in [9.17, 15) is 9.59 Å². The van der Waals surface area contributed by atoms with E-state index in [1.54, 1.807) is 6.33 Å². The van der Waals surface area contributed by atoms with Crippen LogP contribution in [0, 0.1) is 6.92 Å². The van der Waals surface area contributed by atoms with Crippen LogP contribution < -0.4 is 10.6 Å². The number of amides is 2. The average molecular weight is 333 g/mol. The number of carbonyl (C=O) groups is 2. The minimum absolute atomic E-state index is 0.111. The zero-order valence-electron chi connectivity index (χ0n) is 13.1. The molecule has 2 N–H and O–H groups in total. The van der Waals surface area contributed by atoms with Gasteiger partial charge in [0.1, 0.15) is 6.33 Å². The molecule has 0 radical (unpaired) electrons. The smallest absolute Gasteiger partial charge is 0.230 e. The van der Waals surface area contributed by atoms with E-state index in [0.717, 1.165) is 5.69 Å². The quantitative estimate of drug-likeness (QED) is 0.581. The van der Waals surface area contributed by atoms with Crippen molar-refractivity contribution in [2.24, 2.45) is 0 Å². The van der Waals surface area contributed by atoms with Gasteiger partial charge in [0.25, 0.3) is 0 Å². The van der Waals surface area contributed by atoms with Crippen molar-refractivity contribution in [1.29, 1.82) is 0 Å². The molecule has 23 heavy (non-hydrogen) atoms. The highest BCUT2D eigenvalue weighted by molar-refractivity contribution is 7.99. The van der Waals surface area contributed by atoms with E-state index < -0.39 is 0 Å². The van der Waals surface area contributed by atoms with Crippen LogP contribution in [0.15, 0.2) is 35.7 Å². The molecule has 0 aliphatic heterocycles. The molecule has 0 spiro atoms. The molecule has 0 atom stereocenters.